The Morgan fingerprint density at radius 1 is 1.25 bits per heavy atom. The Bertz CT molecular complexity index is 1210. The Kier molecular flexibility index (Phi) is 5.30. The zero-order chi connectivity index (χ0) is 23.0. The second-order valence-electron chi connectivity index (χ2n) is 7.19. The molecule has 1 atom stereocenters. The van der Waals surface area contributed by atoms with E-state index in [0.29, 0.717) is 16.9 Å². The summed E-state index contributed by atoms with van der Waals surface area (Å²) in [5, 5.41) is 13.5. The minimum Gasteiger partial charge on any atom is -0.480 e. The molecule has 1 amide bonds. The van der Waals surface area contributed by atoms with E-state index in [0.717, 1.165) is 13.1 Å². The molecule has 0 unspecified atom stereocenters. The number of pyridine rings is 1. The second kappa shape index (κ2) is 7.96. The third-order valence-electron chi connectivity index (χ3n) is 4.93. The molecule has 4 rings (SSSR count). The first-order valence-corrected chi connectivity index (χ1v) is 9.41. The number of carbonyl (C=O) groups excluding carboxylic acids is 1. The Hall–Kier alpha value is -3.94. The van der Waals surface area contributed by atoms with Crippen LogP contribution in [0.3, 0.4) is 0 Å². The van der Waals surface area contributed by atoms with Crippen LogP contribution in [0.1, 0.15) is 34.1 Å². The average molecular weight is 445 g/mol. The monoisotopic (exact) mass is 445 g/mol. The van der Waals surface area contributed by atoms with Crippen molar-refractivity contribution in [3.63, 3.8) is 0 Å². The normalized spacial score (nSPS) is 14.1. The van der Waals surface area contributed by atoms with Gasteiger partial charge in [-0.05, 0) is 25.1 Å². The van der Waals surface area contributed by atoms with Gasteiger partial charge in [0.25, 0.3) is 5.91 Å². The SMILES string of the molecule is C[C@H](Oc1ccc(C#N)cc1C(=O)N1Cc2cn(-c3cncc(F)c3)nc2C1)C(F)(F)F. The average Bonchev–Trinajstić information content (AvgIpc) is 3.32. The van der Waals surface area contributed by atoms with Gasteiger partial charge in [0, 0.05) is 24.4 Å². The minimum absolute atomic E-state index is 0.0922. The summed E-state index contributed by atoms with van der Waals surface area (Å²) in [6, 6.07) is 6.79. The number of hydrogen-bond acceptors (Lipinski definition) is 5. The fraction of sp³-hybridized carbons (Fsp3) is 0.238. The van der Waals surface area contributed by atoms with Crippen molar-refractivity contribution in [1.29, 1.82) is 5.26 Å². The number of fused-ring (bicyclic) bond motifs is 1. The number of alkyl halides is 3. The Morgan fingerprint density at radius 3 is 2.69 bits per heavy atom. The molecule has 1 aromatic carbocycles. The van der Waals surface area contributed by atoms with E-state index in [1.807, 2.05) is 6.07 Å². The summed E-state index contributed by atoms with van der Waals surface area (Å²) in [6.07, 6.45) is -2.62. The molecular weight excluding hydrogens is 430 g/mol. The fourth-order valence-corrected chi connectivity index (χ4v) is 3.25. The Morgan fingerprint density at radius 2 is 2.03 bits per heavy atom. The zero-order valence-electron chi connectivity index (χ0n) is 16.6. The highest BCUT2D eigenvalue weighted by molar-refractivity contribution is 5.97. The molecule has 3 aromatic rings. The Balaban J connectivity index is 1.57. The molecule has 0 N–H and O–H groups in total. The lowest BCUT2D eigenvalue weighted by Gasteiger charge is -2.22. The molecule has 7 nitrogen and oxygen atoms in total. The number of halogens is 4. The van der Waals surface area contributed by atoms with Crippen molar-refractivity contribution in [2.75, 3.05) is 0 Å². The lowest BCUT2D eigenvalue weighted by molar-refractivity contribution is -0.189. The van der Waals surface area contributed by atoms with E-state index < -0.39 is 24.0 Å². The van der Waals surface area contributed by atoms with Gasteiger partial charge in [0.1, 0.15) is 11.6 Å². The van der Waals surface area contributed by atoms with Crippen LogP contribution < -0.4 is 4.74 Å². The van der Waals surface area contributed by atoms with E-state index in [-0.39, 0.29) is 30.0 Å². The summed E-state index contributed by atoms with van der Waals surface area (Å²) in [7, 11) is 0. The summed E-state index contributed by atoms with van der Waals surface area (Å²) in [4.78, 5) is 18.2. The molecular formula is C21H15F4N5O2. The van der Waals surface area contributed by atoms with Crippen LogP contribution in [-0.2, 0) is 13.1 Å². The third-order valence-corrected chi connectivity index (χ3v) is 4.93. The lowest BCUT2D eigenvalue weighted by Crippen LogP contribution is -2.32. The first-order chi connectivity index (χ1) is 15.2. The first-order valence-electron chi connectivity index (χ1n) is 9.41. The summed E-state index contributed by atoms with van der Waals surface area (Å²) >= 11 is 0. The highest BCUT2D eigenvalue weighted by Gasteiger charge is 2.39. The molecule has 0 radical (unpaired) electrons. The van der Waals surface area contributed by atoms with E-state index in [2.05, 4.69) is 10.1 Å². The van der Waals surface area contributed by atoms with Gasteiger partial charge < -0.3 is 9.64 Å². The van der Waals surface area contributed by atoms with Crippen LogP contribution in [0.15, 0.2) is 42.9 Å². The van der Waals surface area contributed by atoms with Gasteiger partial charge in [-0.2, -0.15) is 23.5 Å². The van der Waals surface area contributed by atoms with Crippen LogP contribution in [0.4, 0.5) is 17.6 Å². The lowest BCUT2D eigenvalue weighted by atomic mass is 10.1. The van der Waals surface area contributed by atoms with E-state index >= 15 is 0 Å². The molecule has 0 fully saturated rings. The number of amides is 1. The number of benzene rings is 1. The Labute approximate surface area is 179 Å². The molecule has 11 heteroatoms. The third kappa shape index (κ3) is 4.12. The van der Waals surface area contributed by atoms with Crippen molar-refractivity contribution in [3.05, 3.63) is 71.1 Å². The van der Waals surface area contributed by atoms with Crippen LogP contribution >= 0.6 is 0 Å². The van der Waals surface area contributed by atoms with E-state index in [1.54, 1.807) is 6.20 Å². The molecule has 0 spiro atoms. The van der Waals surface area contributed by atoms with Gasteiger partial charge in [-0.1, -0.05) is 0 Å². The highest BCUT2D eigenvalue weighted by Crippen LogP contribution is 2.31. The van der Waals surface area contributed by atoms with Gasteiger partial charge in [0.2, 0.25) is 0 Å². The second-order valence-corrected chi connectivity index (χ2v) is 7.19. The highest BCUT2D eigenvalue weighted by atomic mass is 19.4. The van der Waals surface area contributed by atoms with Crippen molar-refractivity contribution >= 4 is 5.91 Å². The number of nitriles is 1. The van der Waals surface area contributed by atoms with Gasteiger partial charge in [0.05, 0.1) is 47.5 Å². The van der Waals surface area contributed by atoms with Crippen LogP contribution in [0.5, 0.6) is 5.75 Å². The van der Waals surface area contributed by atoms with E-state index in [9.17, 15) is 22.4 Å². The smallest absolute Gasteiger partial charge is 0.425 e. The van der Waals surface area contributed by atoms with Crippen molar-refractivity contribution < 1.29 is 27.1 Å². The summed E-state index contributed by atoms with van der Waals surface area (Å²) in [5.41, 5.74) is 1.64. The van der Waals surface area contributed by atoms with E-state index in [4.69, 9.17) is 10.00 Å². The summed E-state index contributed by atoms with van der Waals surface area (Å²) in [6.45, 7) is 1.07. The van der Waals surface area contributed by atoms with Crippen molar-refractivity contribution in [2.45, 2.75) is 32.3 Å². The van der Waals surface area contributed by atoms with Crippen LogP contribution in [-0.4, -0.2) is 37.9 Å². The predicted molar refractivity (Wildman–Crippen MR) is 102 cm³/mol. The molecule has 0 bridgehead atoms. The molecule has 0 aliphatic carbocycles. The number of nitrogens with zero attached hydrogens (tertiary/aromatic N) is 5. The molecule has 32 heavy (non-hydrogen) atoms. The van der Waals surface area contributed by atoms with Gasteiger partial charge in [0.15, 0.2) is 6.10 Å². The van der Waals surface area contributed by atoms with Crippen LogP contribution in [0.25, 0.3) is 5.69 Å². The summed E-state index contributed by atoms with van der Waals surface area (Å²) in [5.74, 6) is -1.38. The van der Waals surface area contributed by atoms with Gasteiger partial charge >= 0.3 is 6.18 Å². The molecule has 3 heterocycles. The first kappa shape index (κ1) is 21.3. The number of hydrogen-bond donors (Lipinski definition) is 0. The molecule has 0 saturated carbocycles. The number of ether oxygens (including phenoxy) is 1. The maximum absolute atomic E-state index is 13.4. The van der Waals surface area contributed by atoms with Gasteiger partial charge in [-0.25, -0.2) is 9.07 Å². The van der Waals surface area contributed by atoms with Crippen molar-refractivity contribution in [3.8, 4) is 17.5 Å². The van der Waals surface area contributed by atoms with Crippen molar-refractivity contribution in [2.24, 2.45) is 0 Å². The standard InChI is InChI=1S/C21H15F4N5O2/c1-12(21(23,24)25)32-19-3-2-13(6-26)4-17(19)20(31)29-9-14-10-30(28-18(14)11-29)16-5-15(22)7-27-8-16/h2-5,7-8,10,12H,9,11H2,1H3/t12-/m0/s1. The number of rotatable bonds is 4. The fourth-order valence-electron chi connectivity index (χ4n) is 3.25. The van der Waals surface area contributed by atoms with Crippen LogP contribution in [0.2, 0.25) is 0 Å². The van der Waals surface area contributed by atoms with Crippen LogP contribution in [0, 0.1) is 17.1 Å². The van der Waals surface area contributed by atoms with Gasteiger partial charge in [-0.15, -0.1) is 0 Å². The van der Waals surface area contributed by atoms with Gasteiger partial charge in [-0.3, -0.25) is 9.78 Å². The maximum Gasteiger partial charge on any atom is 0.425 e. The zero-order valence-corrected chi connectivity index (χ0v) is 16.6. The predicted octanol–water partition coefficient (Wildman–Crippen LogP) is 3.76. The maximum atomic E-state index is 13.4. The van der Waals surface area contributed by atoms with E-state index in [1.165, 1.54) is 40.0 Å². The minimum atomic E-state index is -4.62. The van der Waals surface area contributed by atoms with Crippen molar-refractivity contribution in [1.82, 2.24) is 19.7 Å². The number of aromatic nitrogens is 3. The molecule has 164 valence electrons. The summed E-state index contributed by atoms with van der Waals surface area (Å²) < 4.78 is 58.7. The molecule has 1 aliphatic rings. The number of carbonyl (C=O) groups is 1. The quantitative estimate of drug-likeness (QED) is 0.571. The molecule has 0 saturated heterocycles. The largest absolute Gasteiger partial charge is 0.480 e. The topological polar surface area (TPSA) is 84.0 Å². The molecule has 2 aromatic heterocycles. The molecule has 1 aliphatic heterocycles.